The molecule has 5 rings (SSSR count). The molecule has 0 N–H and O–H groups in total. The largest absolute Gasteiger partial charge is 0.486 e. The van der Waals surface area contributed by atoms with Crippen molar-refractivity contribution in [3.05, 3.63) is 71.0 Å². The van der Waals surface area contributed by atoms with Crippen LogP contribution in [-0.2, 0) is 0 Å². The Kier molecular flexibility index (Phi) is 4.73. The number of hydrogen-bond acceptors (Lipinski definition) is 5. The van der Waals surface area contributed by atoms with Gasteiger partial charge in [0.1, 0.15) is 17.2 Å². The number of carbonyl (C=O) groups is 1. The number of ketones is 1. The SMILES string of the molecule is Cc1cc(C)c2c(c1)C(=O)CC1(CCN(c3ccc(-c4ccc(F)cc4)nn3)CC1)O2. The van der Waals surface area contributed by atoms with Gasteiger partial charge in [0.15, 0.2) is 11.6 Å². The zero-order chi connectivity index (χ0) is 21.6. The lowest BCUT2D eigenvalue weighted by Gasteiger charge is -2.44. The van der Waals surface area contributed by atoms with Gasteiger partial charge in [-0.3, -0.25) is 4.79 Å². The van der Waals surface area contributed by atoms with Crippen LogP contribution in [0.4, 0.5) is 10.2 Å². The Morgan fingerprint density at radius 2 is 1.74 bits per heavy atom. The highest BCUT2D eigenvalue weighted by atomic mass is 19.1. The summed E-state index contributed by atoms with van der Waals surface area (Å²) in [5.41, 5.74) is 3.92. The number of anilines is 1. The molecule has 1 saturated heterocycles. The van der Waals surface area contributed by atoms with Crippen LogP contribution in [0.5, 0.6) is 5.75 Å². The summed E-state index contributed by atoms with van der Waals surface area (Å²) < 4.78 is 19.6. The number of benzene rings is 2. The number of halogens is 1. The predicted octanol–water partition coefficient (Wildman–Crippen LogP) is 4.90. The van der Waals surface area contributed by atoms with E-state index >= 15 is 0 Å². The first-order chi connectivity index (χ1) is 14.9. The molecule has 31 heavy (non-hydrogen) atoms. The summed E-state index contributed by atoms with van der Waals surface area (Å²) in [6, 6.07) is 14.1. The van der Waals surface area contributed by atoms with E-state index in [4.69, 9.17) is 4.74 Å². The van der Waals surface area contributed by atoms with Gasteiger partial charge >= 0.3 is 0 Å². The number of carbonyl (C=O) groups excluding carboxylic acids is 1. The second-order valence-electron chi connectivity index (χ2n) is 8.61. The molecule has 0 unspecified atom stereocenters. The number of Topliss-reactive ketones (excluding diaryl/α,β-unsaturated/α-hetero) is 1. The monoisotopic (exact) mass is 417 g/mol. The molecule has 0 radical (unpaired) electrons. The molecular weight excluding hydrogens is 393 g/mol. The van der Waals surface area contributed by atoms with Crippen LogP contribution in [-0.4, -0.2) is 34.7 Å². The molecular formula is C25H24FN3O2. The van der Waals surface area contributed by atoms with Gasteiger partial charge in [-0.1, -0.05) is 6.07 Å². The first-order valence-electron chi connectivity index (χ1n) is 10.6. The number of piperidine rings is 1. The van der Waals surface area contributed by atoms with Gasteiger partial charge in [0.25, 0.3) is 0 Å². The number of rotatable bonds is 2. The summed E-state index contributed by atoms with van der Waals surface area (Å²) in [4.78, 5) is 15.0. The molecule has 1 fully saturated rings. The summed E-state index contributed by atoms with van der Waals surface area (Å²) in [6.45, 7) is 5.51. The van der Waals surface area contributed by atoms with E-state index in [1.807, 2.05) is 32.0 Å². The number of aryl methyl sites for hydroxylation is 2. The number of fused-ring (bicyclic) bond motifs is 1. The molecule has 5 nitrogen and oxygen atoms in total. The lowest BCUT2D eigenvalue weighted by Crippen LogP contribution is -2.51. The van der Waals surface area contributed by atoms with E-state index in [0.29, 0.717) is 17.7 Å². The van der Waals surface area contributed by atoms with Crippen LogP contribution in [0, 0.1) is 19.7 Å². The van der Waals surface area contributed by atoms with Crippen molar-refractivity contribution in [1.82, 2.24) is 10.2 Å². The van der Waals surface area contributed by atoms with Crippen LogP contribution in [0.1, 0.15) is 40.7 Å². The Bertz CT molecular complexity index is 1130. The summed E-state index contributed by atoms with van der Waals surface area (Å²) in [7, 11) is 0. The van der Waals surface area contributed by atoms with Crippen LogP contribution in [0.25, 0.3) is 11.3 Å². The number of aromatic nitrogens is 2. The van der Waals surface area contributed by atoms with Gasteiger partial charge in [-0.25, -0.2) is 4.39 Å². The molecule has 0 aliphatic carbocycles. The van der Waals surface area contributed by atoms with Gasteiger partial charge in [0.05, 0.1) is 17.7 Å². The number of hydrogen-bond donors (Lipinski definition) is 0. The average Bonchev–Trinajstić information content (AvgIpc) is 2.76. The third-order valence-electron chi connectivity index (χ3n) is 6.31. The Morgan fingerprint density at radius 3 is 2.42 bits per heavy atom. The Labute approximate surface area is 180 Å². The topological polar surface area (TPSA) is 55.3 Å². The molecule has 0 amide bonds. The molecule has 2 aliphatic rings. The van der Waals surface area contributed by atoms with E-state index in [-0.39, 0.29) is 11.6 Å². The van der Waals surface area contributed by atoms with Gasteiger partial charge < -0.3 is 9.64 Å². The molecule has 1 aromatic heterocycles. The van der Waals surface area contributed by atoms with Gasteiger partial charge in [-0.05, 0) is 67.4 Å². The van der Waals surface area contributed by atoms with E-state index in [1.54, 1.807) is 12.1 Å². The van der Waals surface area contributed by atoms with Crippen molar-refractivity contribution >= 4 is 11.6 Å². The number of ether oxygens (including phenoxy) is 1. The first-order valence-corrected chi connectivity index (χ1v) is 10.6. The molecule has 0 bridgehead atoms. The highest BCUT2D eigenvalue weighted by molar-refractivity contribution is 6.01. The molecule has 2 aromatic carbocycles. The maximum Gasteiger partial charge on any atom is 0.170 e. The third-order valence-corrected chi connectivity index (χ3v) is 6.31. The minimum atomic E-state index is -0.442. The van der Waals surface area contributed by atoms with Crippen molar-refractivity contribution in [3.63, 3.8) is 0 Å². The smallest absolute Gasteiger partial charge is 0.170 e. The fourth-order valence-corrected chi connectivity index (χ4v) is 4.63. The first kappa shape index (κ1) is 19.7. The molecule has 158 valence electrons. The van der Waals surface area contributed by atoms with E-state index in [9.17, 15) is 9.18 Å². The zero-order valence-corrected chi connectivity index (χ0v) is 17.7. The zero-order valence-electron chi connectivity index (χ0n) is 17.7. The summed E-state index contributed by atoms with van der Waals surface area (Å²) in [6.07, 6.45) is 1.94. The molecule has 1 spiro atoms. The second kappa shape index (κ2) is 7.45. The normalized spacial score (nSPS) is 17.4. The van der Waals surface area contributed by atoms with Crippen LogP contribution in [0.3, 0.4) is 0 Å². The quantitative estimate of drug-likeness (QED) is 0.593. The highest BCUT2D eigenvalue weighted by Crippen LogP contribution is 2.41. The van der Waals surface area contributed by atoms with E-state index < -0.39 is 5.60 Å². The molecule has 3 aromatic rings. The molecule has 3 heterocycles. The summed E-state index contributed by atoms with van der Waals surface area (Å²) in [5.74, 6) is 1.45. The van der Waals surface area contributed by atoms with Crippen LogP contribution < -0.4 is 9.64 Å². The van der Waals surface area contributed by atoms with E-state index in [2.05, 4.69) is 21.2 Å². The Morgan fingerprint density at radius 1 is 1.00 bits per heavy atom. The van der Waals surface area contributed by atoms with Crippen molar-refractivity contribution in [3.8, 4) is 17.0 Å². The van der Waals surface area contributed by atoms with Gasteiger partial charge in [0, 0.05) is 31.5 Å². The van der Waals surface area contributed by atoms with Crippen molar-refractivity contribution in [1.29, 1.82) is 0 Å². The lowest BCUT2D eigenvalue weighted by atomic mass is 9.81. The maximum absolute atomic E-state index is 13.1. The van der Waals surface area contributed by atoms with Crippen LogP contribution in [0.15, 0.2) is 48.5 Å². The van der Waals surface area contributed by atoms with Crippen LogP contribution >= 0.6 is 0 Å². The van der Waals surface area contributed by atoms with Gasteiger partial charge in [-0.2, -0.15) is 0 Å². The minimum Gasteiger partial charge on any atom is -0.486 e. The highest BCUT2D eigenvalue weighted by Gasteiger charge is 2.43. The summed E-state index contributed by atoms with van der Waals surface area (Å²) in [5, 5.41) is 8.70. The standard InChI is InChI=1S/C25H24FN3O2/c1-16-13-17(2)24-20(14-16)22(30)15-25(31-24)9-11-29(12-10-25)23-8-7-21(27-28-23)18-3-5-19(26)6-4-18/h3-8,13-14H,9-12,15H2,1-2H3. The molecule has 0 saturated carbocycles. The van der Waals surface area contributed by atoms with Crippen molar-refractivity contribution < 1.29 is 13.9 Å². The van der Waals surface area contributed by atoms with Gasteiger partial charge in [-0.15, -0.1) is 10.2 Å². The third kappa shape index (κ3) is 3.67. The van der Waals surface area contributed by atoms with E-state index in [0.717, 1.165) is 54.2 Å². The van der Waals surface area contributed by atoms with E-state index in [1.165, 1.54) is 12.1 Å². The predicted molar refractivity (Wildman–Crippen MR) is 117 cm³/mol. The molecule has 0 atom stereocenters. The molecule has 6 heteroatoms. The lowest BCUT2D eigenvalue weighted by molar-refractivity contribution is 0.0225. The second-order valence-corrected chi connectivity index (χ2v) is 8.61. The fourth-order valence-electron chi connectivity index (χ4n) is 4.63. The van der Waals surface area contributed by atoms with Crippen LogP contribution in [0.2, 0.25) is 0 Å². The average molecular weight is 417 g/mol. The maximum atomic E-state index is 13.1. The molecule has 2 aliphatic heterocycles. The Hall–Kier alpha value is -3.28. The van der Waals surface area contributed by atoms with Crippen molar-refractivity contribution in [2.24, 2.45) is 0 Å². The van der Waals surface area contributed by atoms with Crippen molar-refractivity contribution in [2.75, 3.05) is 18.0 Å². The number of nitrogens with zero attached hydrogens (tertiary/aromatic N) is 3. The Balaban J connectivity index is 1.30. The van der Waals surface area contributed by atoms with Crippen molar-refractivity contribution in [2.45, 2.75) is 38.7 Å². The minimum absolute atomic E-state index is 0.171. The van der Waals surface area contributed by atoms with Gasteiger partial charge in [0.2, 0.25) is 0 Å². The fraction of sp³-hybridized carbons (Fsp3) is 0.320. The summed E-state index contributed by atoms with van der Waals surface area (Å²) >= 11 is 0.